The maximum Gasteiger partial charge on any atom is 0.227 e. The molecule has 3 aromatic heterocycles. The van der Waals surface area contributed by atoms with E-state index in [-0.39, 0.29) is 0 Å². The van der Waals surface area contributed by atoms with Gasteiger partial charge in [0.25, 0.3) is 0 Å². The second kappa shape index (κ2) is 7.90. The van der Waals surface area contributed by atoms with Gasteiger partial charge in [-0.3, -0.25) is 0 Å². The zero-order valence-electron chi connectivity index (χ0n) is 16.3. The largest absolute Gasteiger partial charge is 0.361 e. The van der Waals surface area contributed by atoms with Crippen LogP contribution in [0.25, 0.3) is 22.2 Å². The van der Waals surface area contributed by atoms with Crippen LogP contribution in [-0.2, 0) is 13.1 Å². The maximum absolute atomic E-state index is 6.10. The summed E-state index contributed by atoms with van der Waals surface area (Å²) in [5, 5.41) is 11.1. The van der Waals surface area contributed by atoms with Crippen LogP contribution in [0.1, 0.15) is 19.2 Å². The van der Waals surface area contributed by atoms with Crippen LogP contribution in [0.15, 0.2) is 18.5 Å². The highest BCUT2D eigenvalue weighted by atomic mass is 35.5. The van der Waals surface area contributed by atoms with Crippen molar-refractivity contribution in [3.63, 3.8) is 0 Å². The number of hydrogen-bond acceptors (Lipinski definition) is 7. The van der Waals surface area contributed by atoms with Crippen LogP contribution in [0.4, 0.5) is 11.8 Å². The molecule has 0 amide bonds. The van der Waals surface area contributed by atoms with E-state index in [0.29, 0.717) is 34.4 Å². The highest BCUT2D eigenvalue weighted by Gasteiger charge is 2.18. The van der Waals surface area contributed by atoms with E-state index in [1.54, 1.807) is 18.5 Å². The summed E-state index contributed by atoms with van der Waals surface area (Å²) in [5.41, 5.74) is 3.13. The first kappa shape index (κ1) is 19.3. The van der Waals surface area contributed by atoms with Gasteiger partial charge in [0.05, 0.1) is 34.0 Å². The van der Waals surface area contributed by atoms with Crippen molar-refractivity contribution >= 4 is 57.2 Å². The van der Waals surface area contributed by atoms with Crippen LogP contribution < -0.4 is 16.0 Å². The summed E-state index contributed by atoms with van der Waals surface area (Å²) in [6.45, 7) is 5.19. The van der Waals surface area contributed by atoms with Crippen LogP contribution >= 0.6 is 23.2 Å². The summed E-state index contributed by atoms with van der Waals surface area (Å²) in [7, 11) is 0. The van der Waals surface area contributed by atoms with Gasteiger partial charge in [-0.1, -0.05) is 23.2 Å². The first-order valence-corrected chi connectivity index (χ1v) is 10.6. The van der Waals surface area contributed by atoms with Gasteiger partial charge in [-0.2, -0.15) is 9.97 Å². The number of aromatic nitrogens is 6. The molecule has 11 heteroatoms. The molecule has 1 atom stereocenters. The van der Waals surface area contributed by atoms with Gasteiger partial charge in [-0.25, -0.2) is 9.97 Å². The van der Waals surface area contributed by atoms with E-state index in [0.717, 1.165) is 54.1 Å². The van der Waals surface area contributed by atoms with Gasteiger partial charge in [0.15, 0.2) is 17.0 Å². The molecule has 5 rings (SSSR count). The minimum Gasteiger partial charge on any atom is -0.361 e. The van der Waals surface area contributed by atoms with Crippen LogP contribution in [-0.4, -0.2) is 48.6 Å². The van der Waals surface area contributed by atoms with Crippen LogP contribution in [0.3, 0.4) is 0 Å². The molecule has 4 heterocycles. The molecular weight excluding hydrogens is 425 g/mol. The second-order valence-corrected chi connectivity index (χ2v) is 8.07. The SMILES string of the molecule is CCn1cnc2c(NCc3nc4cc(Cl)c(Cl)cc4[nH]3)nc(N[C@H]3CCNC3)nc21. The first-order valence-electron chi connectivity index (χ1n) is 9.88. The standard InChI is InChI=1S/C19H21Cl2N9/c1-2-30-9-24-16-17(28-19(29-18(16)30)25-10-3-4-22-7-10)23-8-15-26-13-5-11(20)12(21)6-14(13)27-15/h5-6,9-10,22H,2-4,7-8H2,1H3,(H,26,27)(H2,23,25,28,29)/t10-/m0/s1. The van der Waals surface area contributed by atoms with Crippen molar-refractivity contribution in [2.45, 2.75) is 32.5 Å². The van der Waals surface area contributed by atoms with Crippen molar-refractivity contribution in [2.24, 2.45) is 0 Å². The summed E-state index contributed by atoms with van der Waals surface area (Å²) in [6.07, 6.45) is 2.83. The quantitative estimate of drug-likeness (QED) is 0.360. The number of anilines is 2. The molecular formula is C19H21Cl2N9. The summed E-state index contributed by atoms with van der Waals surface area (Å²) >= 11 is 12.2. The lowest BCUT2D eigenvalue weighted by Crippen LogP contribution is -2.23. The highest BCUT2D eigenvalue weighted by molar-refractivity contribution is 6.42. The number of imidazole rings is 2. The van der Waals surface area contributed by atoms with Crippen molar-refractivity contribution in [3.05, 3.63) is 34.3 Å². The third kappa shape index (κ3) is 3.64. The Bertz CT molecular complexity index is 1170. The Hall–Kier alpha value is -2.62. The molecule has 0 aliphatic carbocycles. The molecule has 30 heavy (non-hydrogen) atoms. The molecule has 1 saturated heterocycles. The van der Waals surface area contributed by atoms with Gasteiger partial charge in [0.2, 0.25) is 5.95 Å². The lowest BCUT2D eigenvalue weighted by atomic mass is 10.3. The third-order valence-electron chi connectivity index (χ3n) is 5.19. The number of H-pyrrole nitrogens is 1. The molecule has 1 fully saturated rings. The third-order valence-corrected chi connectivity index (χ3v) is 5.92. The van der Waals surface area contributed by atoms with Gasteiger partial charge in [-0.15, -0.1) is 0 Å². The fraction of sp³-hybridized carbons (Fsp3) is 0.368. The monoisotopic (exact) mass is 445 g/mol. The number of hydrogen-bond donors (Lipinski definition) is 4. The molecule has 4 N–H and O–H groups in total. The van der Waals surface area contributed by atoms with E-state index in [1.165, 1.54) is 0 Å². The van der Waals surface area contributed by atoms with Gasteiger partial charge >= 0.3 is 0 Å². The van der Waals surface area contributed by atoms with Crippen molar-refractivity contribution < 1.29 is 0 Å². The summed E-state index contributed by atoms with van der Waals surface area (Å²) in [6, 6.07) is 3.85. The Kier molecular flexibility index (Phi) is 5.10. The fourth-order valence-electron chi connectivity index (χ4n) is 3.63. The normalized spacial score (nSPS) is 16.6. The minimum atomic E-state index is 0.318. The lowest BCUT2D eigenvalue weighted by Gasteiger charge is -2.13. The summed E-state index contributed by atoms with van der Waals surface area (Å²) in [4.78, 5) is 21.7. The van der Waals surface area contributed by atoms with Crippen molar-refractivity contribution in [2.75, 3.05) is 23.7 Å². The van der Waals surface area contributed by atoms with E-state index in [4.69, 9.17) is 28.2 Å². The zero-order chi connectivity index (χ0) is 20.7. The molecule has 0 bridgehead atoms. The molecule has 0 spiro atoms. The van der Waals surface area contributed by atoms with Crippen molar-refractivity contribution in [1.29, 1.82) is 0 Å². The number of fused-ring (bicyclic) bond motifs is 2. The first-order chi connectivity index (χ1) is 14.6. The van der Waals surface area contributed by atoms with Crippen LogP contribution in [0.5, 0.6) is 0 Å². The number of nitrogens with one attached hydrogen (secondary N) is 4. The van der Waals surface area contributed by atoms with Crippen LogP contribution in [0.2, 0.25) is 10.0 Å². The topological polar surface area (TPSA) is 108 Å². The molecule has 156 valence electrons. The Morgan fingerprint density at radius 3 is 2.87 bits per heavy atom. The van der Waals surface area contributed by atoms with Gasteiger partial charge in [-0.05, 0) is 32.0 Å². The second-order valence-electron chi connectivity index (χ2n) is 7.25. The number of halogens is 2. The van der Waals surface area contributed by atoms with E-state index < -0.39 is 0 Å². The fourth-order valence-corrected chi connectivity index (χ4v) is 3.95. The Morgan fingerprint density at radius 2 is 2.07 bits per heavy atom. The number of nitrogens with zero attached hydrogens (tertiary/aromatic N) is 5. The molecule has 1 aromatic carbocycles. The Morgan fingerprint density at radius 1 is 1.20 bits per heavy atom. The molecule has 0 saturated carbocycles. The van der Waals surface area contributed by atoms with E-state index >= 15 is 0 Å². The average Bonchev–Trinajstić information content (AvgIpc) is 3.46. The minimum absolute atomic E-state index is 0.318. The molecule has 0 unspecified atom stereocenters. The smallest absolute Gasteiger partial charge is 0.227 e. The number of benzene rings is 1. The average molecular weight is 446 g/mol. The highest BCUT2D eigenvalue weighted by Crippen LogP contribution is 2.27. The Labute approximate surface area is 182 Å². The number of rotatable bonds is 6. The summed E-state index contributed by atoms with van der Waals surface area (Å²) in [5.74, 6) is 2.01. The lowest BCUT2D eigenvalue weighted by molar-refractivity contribution is 0.767. The number of aryl methyl sites for hydroxylation is 1. The predicted octanol–water partition coefficient (Wildman–Crippen LogP) is 3.42. The molecule has 4 aromatic rings. The zero-order valence-corrected chi connectivity index (χ0v) is 17.8. The molecule has 9 nitrogen and oxygen atoms in total. The van der Waals surface area contributed by atoms with Gasteiger partial charge < -0.3 is 25.5 Å². The van der Waals surface area contributed by atoms with E-state index in [2.05, 4.69) is 42.8 Å². The molecule has 1 aliphatic rings. The maximum atomic E-state index is 6.10. The van der Waals surface area contributed by atoms with Crippen LogP contribution in [0, 0.1) is 0 Å². The molecule has 0 radical (unpaired) electrons. The van der Waals surface area contributed by atoms with Gasteiger partial charge in [0.1, 0.15) is 5.82 Å². The number of aromatic amines is 1. The van der Waals surface area contributed by atoms with Crippen molar-refractivity contribution in [3.8, 4) is 0 Å². The van der Waals surface area contributed by atoms with E-state index in [9.17, 15) is 0 Å². The summed E-state index contributed by atoms with van der Waals surface area (Å²) < 4.78 is 2.01. The predicted molar refractivity (Wildman–Crippen MR) is 119 cm³/mol. The van der Waals surface area contributed by atoms with E-state index in [1.807, 2.05) is 4.57 Å². The Balaban J connectivity index is 1.44. The van der Waals surface area contributed by atoms with Gasteiger partial charge in [0, 0.05) is 19.1 Å². The molecule has 1 aliphatic heterocycles. The van der Waals surface area contributed by atoms with Crippen molar-refractivity contribution in [1.82, 2.24) is 34.8 Å².